The lowest BCUT2D eigenvalue weighted by Gasteiger charge is -2.16. The Hall–Kier alpha value is -2.43. The molecule has 2 aromatic rings. The number of furan rings is 1. The summed E-state index contributed by atoms with van der Waals surface area (Å²) in [6.45, 7) is 4.09. The minimum absolute atomic E-state index is 0.137. The first-order valence-electron chi connectivity index (χ1n) is 6.83. The first-order chi connectivity index (χ1) is 9.98. The van der Waals surface area contributed by atoms with Gasteiger partial charge in [-0.3, -0.25) is 9.59 Å². The van der Waals surface area contributed by atoms with Crippen molar-refractivity contribution >= 4 is 11.7 Å². The maximum absolute atomic E-state index is 12.1. The first-order valence-corrected chi connectivity index (χ1v) is 6.83. The van der Waals surface area contributed by atoms with Crippen LogP contribution in [0.3, 0.4) is 0 Å². The van der Waals surface area contributed by atoms with Gasteiger partial charge >= 0.3 is 0 Å². The fraction of sp³-hybridized carbons (Fsp3) is 0.312. The highest BCUT2D eigenvalue weighted by Crippen LogP contribution is 2.34. The van der Waals surface area contributed by atoms with E-state index < -0.39 is 5.41 Å². The molecule has 0 saturated heterocycles. The van der Waals surface area contributed by atoms with Crippen molar-refractivity contribution in [3.8, 4) is 0 Å². The van der Waals surface area contributed by atoms with Crippen molar-refractivity contribution in [2.75, 3.05) is 0 Å². The Kier molecular flexibility index (Phi) is 3.12. The van der Waals surface area contributed by atoms with E-state index in [-0.39, 0.29) is 11.7 Å². The molecular weight excluding hydrogens is 268 g/mol. The molecule has 5 nitrogen and oxygen atoms in total. The molecule has 2 heterocycles. The molecule has 0 radical (unpaired) electrons. The highest BCUT2D eigenvalue weighted by molar-refractivity contribution is 5.97. The molecule has 0 aliphatic heterocycles. The summed E-state index contributed by atoms with van der Waals surface area (Å²) < 4.78 is 5.16. The number of Topliss-reactive ketones (excluding diaryl/α,β-unsaturated/α-hetero) is 1. The zero-order valence-corrected chi connectivity index (χ0v) is 12.0. The van der Waals surface area contributed by atoms with Crippen molar-refractivity contribution in [1.82, 2.24) is 10.3 Å². The first kappa shape index (κ1) is 13.5. The second-order valence-corrected chi connectivity index (χ2v) is 5.68. The maximum atomic E-state index is 12.1. The van der Waals surface area contributed by atoms with Gasteiger partial charge in [-0.2, -0.15) is 0 Å². The van der Waals surface area contributed by atoms with E-state index in [1.54, 1.807) is 24.5 Å². The predicted octanol–water partition coefficient (Wildman–Crippen LogP) is 2.01. The van der Waals surface area contributed by atoms with Crippen molar-refractivity contribution in [2.24, 2.45) is 0 Å². The van der Waals surface area contributed by atoms with Gasteiger partial charge in [-0.1, -0.05) is 6.07 Å². The average molecular weight is 284 g/mol. The largest absolute Gasteiger partial charge is 0.467 e. The van der Waals surface area contributed by atoms with Gasteiger partial charge in [0.1, 0.15) is 17.2 Å². The minimum atomic E-state index is -0.508. The molecule has 1 aliphatic rings. The van der Waals surface area contributed by atoms with Crippen molar-refractivity contribution in [1.29, 1.82) is 0 Å². The summed E-state index contributed by atoms with van der Waals surface area (Å²) >= 11 is 0. The molecule has 0 aromatic carbocycles. The summed E-state index contributed by atoms with van der Waals surface area (Å²) in [7, 11) is 0. The molecule has 0 fully saturated rings. The number of hydrogen-bond acceptors (Lipinski definition) is 4. The highest BCUT2D eigenvalue weighted by atomic mass is 16.3. The van der Waals surface area contributed by atoms with Crippen molar-refractivity contribution in [3.63, 3.8) is 0 Å². The lowest BCUT2D eigenvalue weighted by Crippen LogP contribution is -2.25. The van der Waals surface area contributed by atoms with Crippen LogP contribution in [-0.4, -0.2) is 16.7 Å². The number of carbonyl (C=O) groups excluding carboxylic acids is 2. The van der Waals surface area contributed by atoms with Gasteiger partial charge < -0.3 is 9.73 Å². The molecule has 0 saturated carbocycles. The Labute approximate surface area is 122 Å². The summed E-state index contributed by atoms with van der Waals surface area (Å²) in [6, 6.07) is 7.05. The van der Waals surface area contributed by atoms with Crippen LogP contribution in [0.2, 0.25) is 0 Å². The Balaban J connectivity index is 1.77. The molecule has 0 bridgehead atoms. The van der Waals surface area contributed by atoms with E-state index >= 15 is 0 Å². The van der Waals surface area contributed by atoms with Crippen molar-refractivity contribution in [2.45, 2.75) is 32.2 Å². The van der Waals surface area contributed by atoms with Gasteiger partial charge in [0.25, 0.3) is 5.91 Å². The Bertz CT molecular complexity index is 702. The molecule has 108 valence electrons. The molecule has 1 amide bonds. The zero-order valence-electron chi connectivity index (χ0n) is 12.0. The Morgan fingerprint density at radius 3 is 2.90 bits per heavy atom. The lowest BCUT2D eigenvalue weighted by molar-refractivity contribution is -0.121. The van der Waals surface area contributed by atoms with E-state index in [0.29, 0.717) is 30.1 Å². The standard InChI is InChI=1S/C16H16N2O3/c1-16(2)11-5-6-12(18-13(11)8-14(16)19)15(20)17-9-10-4-3-7-21-10/h3-7H,8-9H2,1-2H3,(H,17,20). The number of pyridine rings is 1. The number of rotatable bonds is 3. The predicted molar refractivity (Wildman–Crippen MR) is 75.9 cm³/mol. The highest BCUT2D eigenvalue weighted by Gasteiger charge is 2.39. The van der Waals surface area contributed by atoms with Crippen LogP contribution in [0.4, 0.5) is 0 Å². The Morgan fingerprint density at radius 2 is 2.19 bits per heavy atom. The third-order valence-corrected chi connectivity index (χ3v) is 3.91. The fourth-order valence-corrected chi connectivity index (χ4v) is 2.53. The number of ketones is 1. The smallest absolute Gasteiger partial charge is 0.270 e. The fourth-order valence-electron chi connectivity index (χ4n) is 2.53. The summed E-state index contributed by atoms with van der Waals surface area (Å²) in [4.78, 5) is 28.4. The maximum Gasteiger partial charge on any atom is 0.270 e. The second-order valence-electron chi connectivity index (χ2n) is 5.68. The molecular formula is C16H16N2O3. The molecule has 2 aromatic heterocycles. The van der Waals surface area contributed by atoms with Crippen molar-refractivity contribution in [3.05, 3.63) is 53.2 Å². The third-order valence-electron chi connectivity index (χ3n) is 3.91. The van der Waals surface area contributed by atoms with Gasteiger partial charge in [0.2, 0.25) is 0 Å². The van der Waals surface area contributed by atoms with Crippen LogP contribution in [0.25, 0.3) is 0 Å². The van der Waals surface area contributed by atoms with Gasteiger partial charge in [0.05, 0.1) is 23.9 Å². The van der Waals surface area contributed by atoms with Crippen LogP contribution in [0.5, 0.6) is 0 Å². The summed E-state index contributed by atoms with van der Waals surface area (Å²) in [5.74, 6) is 0.547. The molecule has 0 spiro atoms. The second kappa shape index (κ2) is 4.84. The third kappa shape index (κ3) is 2.35. The average Bonchev–Trinajstić information content (AvgIpc) is 3.04. The molecule has 5 heteroatoms. The molecule has 1 N–H and O–H groups in total. The normalized spacial score (nSPS) is 15.8. The van der Waals surface area contributed by atoms with Crippen LogP contribution in [0.1, 0.15) is 41.4 Å². The van der Waals surface area contributed by atoms with Gasteiger partial charge in [-0.05, 0) is 37.6 Å². The molecule has 0 unspecified atom stereocenters. The molecule has 21 heavy (non-hydrogen) atoms. The quantitative estimate of drug-likeness (QED) is 0.935. The number of nitrogens with zero attached hydrogens (tertiary/aromatic N) is 1. The number of aromatic nitrogens is 1. The van der Waals surface area contributed by atoms with E-state index in [0.717, 1.165) is 5.56 Å². The van der Waals surface area contributed by atoms with Crippen LogP contribution < -0.4 is 5.32 Å². The van der Waals surface area contributed by atoms with Gasteiger partial charge in [0.15, 0.2) is 0 Å². The summed E-state index contributed by atoms with van der Waals surface area (Å²) in [5, 5.41) is 2.74. The molecule has 3 rings (SSSR count). The Morgan fingerprint density at radius 1 is 1.38 bits per heavy atom. The van der Waals surface area contributed by atoms with E-state index in [1.165, 1.54) is 0 Å². The van der Waals surface area contributed by atoms with Gasteiger partial charge in [-0.25, -0.2) is 4.98 Å². The number of hydrogen-bond donors (Lipinski definition) is 1. The number of nitrogens with one attached hydrogen (secondary N) is 1. The van der Waals surface area contributed by atoms with E-state index in [1.807, 2.05) is 19.9 Å². The topological polar surface area (TPSA) is 72.2 Å². The number of fused-ring (bicyclic) bond motifs is 1. The van der Waals surface area contributed by atoms with Crippen LogP contribution in [0.15, 0.2) is 34.9 Å². The minimum Gasteiger partial charge on any atom is -0.467 e. The molecule has 1 aliphatic carbocycles. The van der Waals surface area contributed by atoms with E-state index in [4.69, 9.17) is 4.42 Å². The van der Waals surface area contributed by atoms with Gasteiger partial charge in [0, 0.05) is 6.42 Å². The summed E-state index contributed by atoms with van der Waals surface area (Å²) in [6.07, 6.45) is 1.85. The molecule has 0 atom stereocenters. The van der Waals surface area contributed by atoms with Crippen molar-refractivity contribution < 1.29 is 14.0 Å². The zero-order chi connectivity index (χ0) is 15.0. The SMILES string of the molecule is CC1(C)C(=O)Cc2nc(C(=O)NCc3ccco3)ccc21. The van der Waals surface area contributed by atoms with E-state index in [2.05, 4.69) is 10.3 Å². The van der Waals surface area contributed by atoms with Gasteiger partial charge in [-0.15, -0.1) is 0 Å². The monoisotopic (exact) mass is 284 g/mol. The van der Waals surface area contributed by atoms with Crippen LogP contribution in [-0.2, 0) is 23.2 Å². The van der Waals surface area contributed by atoms with Crippen LogP contribution in [0, 0.1) is 0 Å². The number of amides is 1. The lowest BCUT2D eigenvalue weighted by atomic mass is 9.86. The van der Waals surface area contributed by atoms with E-state index in [9.17, 15) is 9.59 Å². The van der Waals surface area contributed by atoms with Crippen LogP contribution >= 0.6 is 0 Å². The number of carbonyl (C=O) groups is 2. The summed E-state index contributed by atoms with van der Waals surface area (Å²) in [5.41, 5.74) is 1.43.